The van der Waals surface area contributed by atoms with Gasteiger partial charge in [-0.3, -0.25) is 5.10 Å². The van der Waals surface area contributed by atoms with Gasteiger partial charge in [-0.15, -0.1) is 0 Å². The predicted octanol–water partition coefficient (Wildman–Crippen LogP) is 3.69. The molecule has 3 aromatic rings. The van der Waals surface area contributed by atoms with Crippen LogP contribution in [0.2, 0.25) is 0 Å². The molecule has 1 aromatic carbocycles. The summed E-state index contributed by atoms with van der Waals surface area (Å²) in [5.41, 5.74) is 3.75. The van der Waals surface area contributed by atoms with E-state index in [0.717, 1.165) is 28.7 Å². The number of benzene rings is 1. The lowest BCUT2D eigenvalue weighted by Crippen LogP contribution is -2.28. The zero-order chi connectivity index (χ0) is 20.9. The molecule has 10 heteroatoms. The maximum Gasteiger partial charge on any atom is 0.490 e. The van der Waals surface area contributed by atoms with E-state index in [1.807, 2.05) is 25.3 Å². The third-order valence-corrected chi connectivity index (χ3v) is 3.93. The van der Waals surface area contributed by atoms with Crippen LogP contribution in [0.5, 0.6) is 0 Å². The van der Waals surface area contributed by atoms with Crippen molar-refractivity contribution in [3.63, 3.8) is 0 Å². The van der Waals surface area contributed by atoms with E-state index in [4.69, 9.17) is 9.90 Å². The number of fused-ring (bicyclic) bond motifs is 1. The highest BCUT2D eigenvalue weighted by Crippen LogP contribution is 2.20. The van der Waals surface area contributed by atoms with Crippen LogP contribution in [0.1, 0.15) is 23.9 Å². The maximum atomic E-state index is 14.0. The number of halogens is 4. The standard InChI is InChI=1S/C16H19FN4.C2HF3O2/c1-10(7-12-8-11(2)20-21-12)19-9-14-13-5-6-18-16(13)4-3-15(14)17;3-2(4,5)1(6)7/h3-6,8,10,18-19H,7,9H2,1-2H3,(H,20,21);(H,6,7). The fourth-order valence-electron chi connectivity index (χ4n) is 2.59. The van der Waals surface area contributed by atoms with Crippen molar-refractivity contribution in [2.24, 2.45) is 0 Å². The van der Waals surface area contributed by atoms with Crippen molar-refractivity contribution in [1.29, 1.82) is 0 Å². The van der Waals surface area contributed by atoms with Gasteiger partial charge in [0.2, 0.25) is 0 Å². The lowest BCUT2D eigenvalue weighted by molar-refractivity contribution is -0.192. The van der Waals surface area contributed by atoms with Crippen molar-refractivity contribution < 1.29 is 27.5 Å². The number of hydrogen-bond donors (Lipinski definition) is 4. The van der Waals surface area contributed by atoms with Crippen LogP contribution in [-0.2, 0) is 17.8 Å². The van der Waals surface area contributed by atoms with Gasteiger partial charge in [0.1, 0.15) is 5.82 Å². The first-order chi connectivity index (χ1) is 13.1. The van der Waals surface area contributed by atoms with Gasteiger partial charge in [-0.25, -0.2) is 9.18 Å². The Hall–Kier alpha value is -2.88. The van der Waals surface area contributed by atoms with Gasteiger partial charge >= 0.3 is 12.1 Å². The number of H-pyrrole nitrogens is 2. The van der Waals surface area contributed by atoms with E-state index in [-0.39, 0.29) is 11.9 Å². The van der Waals surface area contributed by atoms with Gasteiger partial charge in [-0.1, -0.05) is 0 Å². The van der Waals surface area contributed by atoms with E-state index in [9.17, 15) is 17.6 Å². The Morgan fingerprint density at radius 3 is 2.57 bits per heavy atom. The Labute approximate surface area is 158 Å². The molecule has 0 bridgehead atoms. The quantitative estimate of drug-likeness (QED) is 0.492. The van der Waals surface area contributed by atoms with Gasteiger partial charge < -0.3 is 15.4 Å². The Balaban J connectivity index is 0.000000345. The summed E-state index contributed by atoms with van der Waals surface area (Å²) in [5, 5.41) is 18.6. The third kappa shape index (κ3) is 5.81. The van der Waals surface area contributed by atoms with Crippen molar-refractivity contribution >= 4 is 16.9 Å². The van der Waals surface area contributed by atoms with Crippen molar-refractivity contribution in [2.45, 2.75) is 39.0 Å². The van der Waals surface area contributed by atoms with Crippen molar-refractivity contribution in [1.82, 2.24) is 20.5 Å². The molecule has 3 rings (SSSR count). The molecule has 152 valence electrons. The first-order valence-electron chi connectivity index (χ1n) is 8.36. The van der Waals surface area contributed by atoms with E-state index < -0.39 is 12.1 Å². The minimum atomic E-state index is -5.08. The van der Waals surface area contributed by atoms with Gasteiger partial charge in [0.25, 0.3) is 0 Å². The van der Waals surface area contributed by atoms with E-state index in [1.54, 1.807) is 6.07 Å². The molecule has 6 nitrogen and oxygen atoms in total. The summed E-state index contributed by atoms with van der Waals surface area (Å²) in [6.07, 6.45) is -2.43. The molecule has 2 heterocycles. The molecule has 1 atom stereocenters. The second kappa shape index (κ2) is 8.87. The molecule has 0 radical (unpaired) electrons. The summed E-state index contributed by atoms with van der Waals surface area (Å²) >= 11 is 0. The van der Waals surface area contributed by atoms with E-state index in [1.165, 1.54) is 6.07 Å². The smallest absolute Gasteiger partial charge is 0.475 e. The highest BCUT2D eigenvalue weighted by Gasteiger charge is 2.38. The third-order valence-electron chi connectivity index (χ3n) is 3.93. The summed E-state index contributed by atoms with van der Waals surface area (Å²) < 4.78 is 45.7. The number of carboxylic acids is 1. The minimum Gasteiger partial charge on any atom is -0.475 e. The lowest BCUT2D eigenvalue weighted by Gasteiger charge is -2.13. The fraction of sp³-hybridized carbons (Fsp3) is 0.333. The van der Waals surface area contributed by atoms with Crippen LogP contribution in [0.4, 0.5) is 17.6 Å². The van der Waals surface area contributed by atoms with Crippen LogP contribution in [0, 0.1) is 12.7 Å². The van der Waals surface area contributed by atoms with Crippen LogP contribution < -0.4 is 5.32 Å². The van der Waals surface area contributed by atoms with Gasteiger partial charge in [0, 0.05) is 47.4 Å². The average molecular weight is 400 g/mol. The Morgan fingerprint density at radius 2 is 2.00 bits per heavy atom. The number of rotatable bonds is 5. The summed E-state index contributed by atoms with van der Waals surface area (Å²) in [5.74, 6) is -2.93. The summed E-state index contributed by atoms with van der Waals surface area (Å²) in [7, 11) is 0. The van der Waals surface area contributed by atoms with Crippen molar-refractivity contribution in [3.05, 3.63) is 53.2 Å². The number of hydrogen-bond acceptors (Lipinski definition) is 3. The molecule has 0 aliphatic rings. The number of aromatic amines is 2. The van der Waals surface area contributed by atoms with Crippen LogP contribution in [0.25, 0.3) is 10.9 Å². The number of carboxylic acid groups (broad SMARTS) is 1. The number of aromatic nitrogens is 3. The fourth-order valence-corrected chi connectivity index (χ4v) is 2.59. The lowest BCUT2D eigenvalue weighted by atomic mass is 10.1. The van der Waals surface area contributed by atoms with Crippen molar-refractivity contribution in [3.8, 4) is 0 Å². The molecule has 28 heavy (non-hydrogen) atoms. The number of alkyl halides is 3. The molecule has 0 aliphatic carbocycles. The highest BCUT2D eigenvalue weighted by atomic mass is 19.4. The summed E-state index contributed by atoms with van der Waals surface area (Å²) in [4.78, 5) is 12.0. The monoisotopic (exact) mass is 400 g/mol. The second-order valence-electron chi connectivity index (χ2n) is 6.30. The molecule has 1 unspecified atom stereocenters. The first-order valence-corrected chi connectivity index (χ1v) is 8.36. The highest BCUT2D eigenvalue weighted by molar-refractivity contribution is 5.83. The van der Waals surface area contributed by atoms with Crippen LogP contribution in [0.3, 0.4) is 0 Å². The zero-order valence-corrected chi connectivity index (χ0v) is 15.2. The summed E-state index contributed by atoms with van der Waals surface area (Å²) in [6.45, 7) is 4.57. The van der Waals surface area contributed by atoms with Gasteiger partial charge in [0.05, 0.1) is 5.69 Å². The molecule has 0 amide bonds. The predicted molar refractivity (Wildman–Crippen MR) is 95.3 cm³/mol. The number of nitrogens with one attached hydrogen (secondary N) is 3. The molecule has 0 spiro atoms. The SMILES string of the molecule is Cc1cc(CC(C)NCc2c(F)ccc3[nH]ccc23)n[nH]1.O=C(O)C(F)(F)F. The van der Waals surface area contributed by atoms with E-state index in [2.05, 4.69) is 27.4 Å². The van der Waals surface area contributed by atoms with Crippen LogP contribution in [-0.4, -0.2) is 38.5 Å². The van der Waals surface area contributed by atoms with Gasteiger partial charge in [-0.2, -0.15) is 18.3 Å². The maximum absolute atomic E-state index is 14.0. The molecule has 0 aliphatic heterocycles. The number of nitrogens with zero attached hydrogens (tertiary/aromatic N) is 1. The normalized spacial score (nSPS) is 12.5. The molecule has 2 aromatic heterocycles. The topological polar surface area (TPSA) is 93.8 Å². The van der Waals surface area contributed by atoms with Crippen LogP contribution >= 0.6 is 0 Å². The number of aryl methyl sites for hydroxylation is 1. The largest absolute Gasteiger partial charge is 0.490 e. The molecule has 0 saturated carbocycles. The Morgan fingerprint density at radius 1 is 1.32 bits per heavy atom. The first kappa shape index (κ1) is 21.4. The van der Waals surface area contributed by atoms with Gasteiger partial charge in [0.15, 0.2) is 0 Å². The molecule has 0 saturated heterocycles. The van der Waals surface area contributed by atoms with Crippen LogP contribution in [0.15, 0.2) is 30.5 Å². The molecule has 4 N–H and O–H groups in total. The molecule has 0 fully saturated rings. The van der Waals surface area contributed by atoms with Crippen molar-refractivity contribution in [2.75, 3.05) is 0 Å². The summed E-state index contributed by atoms with van der Waals surface area (Å²) in [6, 6.07) is 7.45. The molecular formula is C18H20F4N4O2. The van der Waals surface area contributed by atoms with E-state index >= 15 is 0 Å². The number of carbonyl (C=O) groups is 1. The molecular weight excluding hydrogens is 380 g/mol. The van der Waals surface area contributed by atoms with E-state index in [0.29, 0.717) is 12.1 Å². The second-order valence-corrected chi connectivity index (χ2v) is 6.30. The zero-order valence-electron chi connectivity index (χ0n) is 15.2. The average Bonchev–Trinajstić information content (AvgIpc) is 3.22. The van der Waals surface area contributed by atoms with Gasteiger partial charge in [-0.05, 0) is 38.1 Å². The Kier molecular flexibility index (Phi) is 6.79. The number of aliphatic carboxylic acids is 1. The minimum absolute atomic E-state index is 0.169. The Bertz CT molecular complexity index is 933.